The normalized spacial score (nSPS) is 16.0. The molecule has 8 heteroatoms. The first kappa shape index (κ1) is 19.6. The van der Waals surface area contributed by atoms with E-state index in [9.17, 15) is 8.42 Å². The second-order valence-electron chi connectivity index (χ2n) is 6.98. The van der Waals surface area contributed by atoms with E-state index in [-0.39, 0.29) is 6.10 Å². The molecule has 1 saturated heterocycles. The van der Waals surface area contributed by atoms with Gasteiger partial charge < -0.3 is 9.64 Å². The molecule has 1 fully saturated rings. The fraction of sp³-hybridized carbons (Fsp3) is 0.474. The van der Waals surface area contributed by atoms with Crippen molar-refractivity contribution in [3.05, 3.63) is 41.7 Å². The first-order chi connectivity index (χ1) is 12.8. The lowest BCUT2D eigenvalue weighted by Gasteiger charge is -2.34. The van der Waals surface area contributed by atoms with Gasteiger partial charge in [0.05, 0.1) is 11.0 Å². The summed E-state index contributed by atoms with van der Waals surface area (Å²) in [7, 11) is -3.47. The maximum Gasteiger partial charge on any atom is 0.243 e. The molecule has 1 aliphatic heterocycles. The van der Waals surface area contributed by atoms with E-state index in [1.54, 1.807) is 12.1 Å². The van der Waals surface area contributed by atoms with Crippen molar-refractivity contribution < 1.29 is 13.2 Å². The molecule has 27 heavy (non-hydrogen) atoms. The molecule has 1 aliphatic rings. The number of aromatic nitrogens is 2. The van der Waals surface area contributed by atoms with Crippen LogP contribution in [0.3, 0.4) is 0 Å². The average Bonchev–Trinajstić information content (AvgIpc) is 2.61. The van der Waals surface area contributed by atoms with E-state index in [0.717, 1.165) is 11.4 Å². The Bertz CT molecular complexity index is 890. The summed E-state index contributed by atoms with van der Waals surface area (Å²) in [6, 6.07) is 8.80. The van der Waals surface area contributed by atoms with Crippen molar-refractivity contribution in [3.8, 4) is 5.88 Å². The van der Waals surface area contributed by atoms with Crippen molar-refractivity contribution >= 4 is 15.8 Å². The molecule has 0 amide bonds. The fourth-order valence-corrected chi connectivity index (χ4v) is 4.43. The van der Waals surface area contributed by atoms with Crippen LogP contribution in [0.2, 0.25) is 0 Å². The number of rotatable bonds is 5. The van der Waals surface area contributed by atoms with Gasteiger partial charge in [-0.05, 0) is 39.8 Å². The lowest BCUT2D eigenvalue weighted by atomic mass is 10.2. The zero-order valence-corrected chi connectivity index (χ0v) is 17.0. The summed E-state index contributed by atoms with van der Waals surface area (Å²) >= 11 is 0. The first-order valence-electron chi connectivity index (χ1n) is 9.10. The molecule has 0 unspecified atom stereocenters. The Morgan fingerprint density at radius 1 is 1.00 bits per heavy atom. The molecule has 1 aromatic heterocycles. The minimum Gasteiger partial charge on any atom is -0.475 e. The molecule has 0 bridgehead atoms. The largest absolute Gasteiger partial charge is 0.475 e. The predicted octanol–water partition coefficient (Wildman–Crippen LogP) is 2.39. The van der Waals surface area contributed by atoms with Crippen LogP contribution in [0, 0.1) is 13.8 Å². The van der Waals surface area contributed by atoms with E-state index in [2.05, 4.69) is 14.9 Å². The average molecular weight is 391 g/mol. The van der Waals surface area contributed by atoms with E-state index in [1.165, 1.54) is 4.31 Å². The van der Waals surface area contributed by atoms with Crippen molar-refractivity contribution in [2.24, 2.45) is 0 Å². The molecule has 146 valence electrons. The van der Waals surface area contributed by atoms with Crippen LogP contribution in [0.1, 0.15) is 25.2 Å². The summed E-state index contributed by atoms with van der Waals surface area (Å²) in [5, 5.41) is 0. The van der Waals surface area contributed by atoms with E-state index in [1.807, 2.05) is 45.9 Å². The van der Waals surface area contributed by atoms with Crippen LogP contribution in [-0.4, -0.2) is 55.0 Å². The zero-order valence-electron chi connectivity index (χ0n) is 16.2. The lowest BCUT2D eigenvalue weighted by Crippen LogP contribution is -2.49. The number of hydrogen-bond acceptors (Lipinski definition) is 6. The summed E-state index contributed by atoms with van der Waals surface area (Å²) in [6.07, 6.45) is 0.0312. The number of benzene rings is 1. The van der Waals surface area contributed by atoms with Crippen LogP contribution in [0.5, 0.6) is 5.88 Å². The molecular weight excluding hydrogens is 364 g/mol. The zero-order chi connectivity index (χ0) is 19.6. The number of piperazine rings is 1. The van der Waals surface area contributed by atoms with Crippen molar-refractivity contribution in [1.29, 1.82) is 0 Å². The number of sulfonamides is 1. The van der Waals surface area contributed by atoms with Crippen LogP contribution in [0.25, 0.3) is 0 Å². The maximum atomic E-state index is 12.8. The highest BCUT2D eigenvalue weighted by atomic mass is 32.2. The molecule has 0 aliphatic carbocycles. The Kier molecular flexibility index (Phi) is 5.67. The predicted molar refractivity (Wildman–Crippen MR) is 105 cm³/mol. The standard InChI is InChI=1S/C19H26N4O3S/c1-14(2)26-19-13-18(20-16(4)21-19)22-9-11-23(12-10-22)27(24,25)17-7-5-15(3)6-8-17/h5-8,13-14H,9-12H2,1-4H3. The van der Waals surface area contributed by atoms with Crippen LogP contribution in [-0.2, 0) is 10.0 Å². The summed E-state index contributed by atoms with van der Waals surface area (Å²) in [6.45, 7) is 9.65. The highest BCUT2D eigenvalue weighted by molar-refractivity contribution is 7.89. The third-order valence-electron chi connectivity index (χ3n) is 4.38. The van der Waals surface area contributed by atoms with Crippen LogP contribution in [0.4, 0.5) is 5.82 Å². The van der Waals surface area contributed by atoms with Crippen molar-refractivity contribution in [2.45, 2.75) is 38.7 Å². The van der Waals surface area contributed by atoms with Gasteiger partial charge in [0.25, 0.3) is 0 Å². The van der Waals surface area contributed by atoms with Gasteiger partial charge in [-0.3, -0.25) is 0 Å². The van der Waals surface area contributed by atoms with Gasteiger partial charge in [-0.2, -0.15) is 9.29 Å². The van der Waals surface area contributed by atoms with Crippen molar-refractivity contribution in [1.82, 2.24) is 14.3 Å². The van der Waals surface area contributed by atoms with E-state index < -0.39 is 10.0 Å². The SMILES string of the molecule is Cc1ccc(S(=O)(=O)N2CCN(c3cc(OC(C)C)nc(C)n3)CC2)cc1. The molecule has 1 aromatic carbocycles. The summed E-state index contributed by atoms with van der Waals surface area (Å²) in [5.41, 5.74) is 1.04. The highest BCUT2D eigenvalue weighted by Gasteiger charge is 2.29. The quantitative estimate of drug-likeness (QED) is 0.780. The smallest absolute Gasteiger partial charge is 0.243 e. The molecule has 7 nitrogen and oxygen atoms in total. The fourth-order valence-electron chi connectivity index (χ4n) is 3.01. The van der Waals surface area contributed by atoms with Gasteiger partial charge in [0.2, 0.25) is 15.9 Å². The van der Waals surface area contributed by atoms with Gasteiger partial charge >= 0.3 is 0 Å². The van der Waals surface area contributed by atoms with Crippen molar-refractivity contribution in [2.75, 3.05) is 31.1 Å². The molecule has 2 aromatic rings. The highest BCUT2D eigenvalue weighted by Crippen LogP contribution is 2.23. The third-order valence-corrected chi connectivity index (χ3v) is 6.29. The van der Waals surface area contributed by atoms with Crippen LogP contribution in [0.15, 0.2) is 35.2 Å². The number of ether oxygens (including phenoxy) is 1. The maximum absolute atomic E-state index is 12.8. The van der Waals surface area contributed by atoms with Gasteiger partial charge in [-0.15, -0.1) is 0 Å². The van der Waals surface area contributed by atoms with Gasteiger partial charge in [-0.25, -0.2) is 13.4 Å². The van der Waals surface area contributed by atoms with Crippen molar-refractivity contribution in [3.63, 3.8) is 0 Å². The van der Waals surface area contributed by atoms with E-state index in [0.29, 0.717) is 42.8 Å². The van der Waals surface area contributed by atoms with E-state index in [4.69, 9.17) is 4.74 Å². The number of nitrogens with zero attached hydrogens (tertiary/aromatic N) is 4. The van der Waals surface area contributed by atoms with E-state index >= 15 is 0 Å². The molecule has 0 saturated carbocycles. The number of anilines is 1. The monoisotopic (exact) mass is 390 g/mol. The molecule has 0 N–H and O–H groups in total. The van der Waals surface area contributed by atoms with Crippen LogP contribution >= 0.6 is 0 Å². The second-order valence-corrected chi connectivity index (χ2v) is 8.92. The Hall–Kier alpha value is -2.19. The summed E-state index contributed by atoms with van der Waals surface area (Å²) in [5.74, 6) is 1.95. The Morgan fingerprint density at radius 2 is 1.63 bits per heavy atom. The minimum atomic E-state index is -3.47. The lowest BCUT2D eigenvalue weighted by molar-refractivity contribution is 0.231. The molecule has 0 atom stereocenters. The number of aryl methyl sites for hydroxylation is 2. The Balaban J connectivity index is 1.72. The van der Waals surface area contributed by atoms with Crippen LogP contribution < -0.4 is 9.64 Å². The van der Waals surface area contributed by atoms with Gasteiger partial charge in [0.1, 0.15) is 11.6 Å². The Morgan fingerprint density at radius 3 is 2.22 bits per heavy atom. The second kappa shape index (κ2) is 7.82. The van der Waals surface area contributed by atoms with Gasteiger partial charge in [-0.1, -0.05) is 17.7 Å². The molecular formula is C19H26N4O3S. The topological polar surface area (TPSA) is 75.6 Å². The third kappa shape index (κ3) is 4.56. The molecule has 2 heterocycles. The van der Waals surface area contributed by atoms with Gasteiger partial charge in [0, 0.05) is 32.2 Å². The molecule has 0 radical (unpaired) electrons. The molecule has 3 rings (SSSR count). The Labute approximate surface area is 161 Å². The minimum absolute atomic E-state index is 0.0312. The number of hydrogen-bond donors (Lipinski definition) is 0. The summed E-state index contributed by atoms with van der Waals surface area (Å²) in [4.78, 5) is 11.2. The summed E-state index contributed by atoms with van der Waals surface area (Å²) < 4.78 is 32.9. The first-order valence-corrected chi connectivity index (χ1v) is 10.5. The molecule has 0 spiro atoms. The van der Waals surface area contributed by atoms with Gasteiger partial charge in [0.15, 0.2) is 0 Å².